The summed E-state index contributed by atoms with van der Waals surface area (Å²) in [5.74, 6) is -1.52. The highest BCUT2D eigenvalue weighted by molar-refractivity contribution is 14.2. The Kier molecular flexibility index (Phi) is 8.08. The van der Waals surface area contributed by atoms with Crippen LogP contribution in [0.25, 0.3) is 10.9 Å². The molecular weight excluding hydrogens is 458 g/mol. The summed E-state index contributed by atoms with van der Waals surface area (Å²) in [4.78, 5) is 23.3. The molecule has 0 aliphatic carbocycles. The number of carbonyl (C=O) groups excluding carboxylic acids is 2. The zero-order valence-electron chi connectivity index (χ0n) is 13.8. The van der Waals surface area contributed by atoms with Crippen LogP contribution in [0.3, 0.4) is 0 Å². The van der Waals surface area contributed by atoms with Crippen molar-refractivity contribution in [3.63, 3.8) is 0 Å². The van der Waals surface area contributed by atoms with Gasteiger partial charge in [-0.1, -0.05) is 6.58 Å². The second-order valence-corrected chi connectivity index (χ2v) is 6.57. The Hall–Kier alpha value is -1.90. The average molecular weight is 474 g/mol. The maximum absolute atomic E-state index is 14.0. The number of hydrogen-bond acceptors (Lipinski definition) is 5. The van der Waals surface area contributed by atoms with E-state index in [0.29, 0.717) is 10.9 Å². The number of nitrogens with zero attached hydrogens (tertiary/aromatic N) is 2. The van der Waals surface area contributed by atoms with E-state index in [0.717, 1.165) is 0 Å². The molecule has 0 fully saturated rings. The molecule has 1 aromatic carbocycles. The molecule has 1 aromatic heterocycles. The summed E-state index contributed by atoms with van der Waals surface area (Å²) >= 11 is 1.97. The van der Waals surface area contributed by atoms with E-state index < -0.39 is 17.5 Å². The maximum Gasteiger partial charge on any atom is 0.221 e. The fourth-order valence-electron chi connectivity index (χ4n) is 1.93. The fourth-order valence-corrected chi connectivity index (χ4v) is 3.64. The summed E-state index contributed by atoms with van der Waals surface area (Å²) in [6.07, 6.45) is 0. The SMILES string of the molecule is C=C(C#N)C(=O)c1cc2cc(F)c(NC(C)=O)cc2n1SI.CNC. The molecule has 0 atom stereocenters. The number of anilines is 1. The van der Waals surface area contributed by atoms with Gasteiger partial charge in [0.2, 0.25) is 11.7 Å². The van der Waals surface area contributed by atoms with E-state index in [1.165, 1.54) is 34.2 Å². The second-order valence-electron chi connectivity index (χ2n) is 4.88. The monoisotopic (exact) mass is 474 g/mol. The zero-order chi connectivity index (χ0) is 19.1. The van der Waals surface area contributed by atoms with Crippen molar-refractivity contribution in [1.82, 2.24) is 9.29 Å². The molecule has 2 aromatic rings. The van der Waals surface area contributed by atoms with Crippen LogP contribution in [0.2, 0.25) is 0 Å². The molecule has 1 heterocycles. The van der Waals surface area contributed by atoms with Gasteiger partial charge < -0.3 is 10.6 Å². The van der Waals surface area contributed by atoms with Crippen molar-refractivity contribution in [3.8, 4) is 6.07 Å². The van der Waals surface area contributed by atoms with Crippen molar-refractivity contribution in [2.45, 2.75) is 6.92 Å². The van der Waals surface area contributed by atoms with Crippen LogP contribution >= 0.6 is 30.3 Å². The first-order chi connectivity index (χ1) is 11.8. The molecule has 9 heteroatoms. The molecule has 0 unspecified atom stereocenters. The van der Waals surface area contributed by atoms with Gasteiger partial charge in [0.1, 0.15) is 17.6 Å². The summed E-state index contributed by atoms with van der Waals surface area (Å²) in [6, 6.07) is 5.88. The molecule has 1 amide bonds. The third kappa shape index (κ3) is 5.04. The summed E-state index contributed by atoms with van der Waals surface area (Å²) in [5, 5.41) is 14.4. The lowest BCUT2D eigenvalue weighted by Gasteiger charge is -2.07. The molecule has 0 saturated heterocycles. The van der Waals surface area contributed by atoms with Crippen LogP contribution in [0, 0.1) is 17.1 Å². The average Bonchev–Trinajstić information content (AvgIpc) is 2.91. The van der Waals surface area contributed by atoms with E-state index >= 15 is 0 Å². The van der Waals surface area contributed by atoms with Gasteiger partial charge >= 0.3 is 0 Å². The number of benzene rings is 1. The van der Waals surface area contributed by atoms with Crippen molar-refractivity contribution in [2.75, 3.05) is 19.4 Å². The molecule has 2 rings (SSSR count). The predicted octanol–water partition coefficient (Wildman–Crippen LogP) is 3.68. The molecule has 25 heavy (non-hydrogen) atoms. The molecular formula is C16H16FIN4O2S. The Labute approximate surface area is 161 Å². The number of hydrogen-bond donors (Lipinski definition) is 2. The molecule has 0 aliphatic heterocycles. The molecule has 0 radical (unpaired) electrons. The number of aromatic nitrogens is 1. The van der Waals surface area contributed by atoms with E-state index in [1.54, 1.807) is 10.0 Å². The van der Waals surface area contributed by atoms with Gasteiger partial charge in [-0.25, -0.2) is 4.39 Å². The van der Waals surface area contributed by atoms with Gasteiger partial charge in [-0.05, 0) is 32.3 Å². The number of nitrogens with one attached hydrogen (secondary N) is 2. The van der Waals surface area contributed by atoms with E-state index in [-0.39, 0.29) is 17.0 Å². The van der Waals surface area contributed by atoms with Gasteiger partial charge in [0.25, 0.3) is 0 Å². The number of rotatable bonds is 4. The van der Waals surface area contributed by atoms with E-state index in [2.05, 4.69) is 17.2 Å². The third-order valence-corrected chi connectivity index (χ3v) is 4.58. The number of Topliss-reactive ketones (excluding diaryl/α,β-unsaturated/α-hetero) is 1. The van der Waals surface area contributed by atoms with Crippen LogP contribution in [0.4, 0.5) is 10.1 Å². The largest absolute Gasteiger partial charge is 0.324 e. The molecule has 0 saturated carbocycles. The Bertz CT molecular complexity index is 873. The molecule has 0 bridgehead atoms. The van der Waals surface area contributed by atoms with E-state index in [4.69, 9.17) is 5.26 Å². The zero-order valence-corrected chi connectivity index (χ0v) is 16.8. The van der Waals surface area contributed by atoms with Crippen LogP contribution in [0.5, 0.6) is 0 Å². The third-order valence-electron chi connectivity index (χ3n) is 2.87. The summed E-state index contributed by atoms with van der Waals surface area (Å²) in [7, 11) is 4.95. The minimum absolute atomic E-state index is 0.0305. The van der Waals surface area contributed by atoms with Crippen LogP contribution in [-0.2, 0) is 4.79 Å². The fraction of sp³-hybridized carbons (Fsp3) is 0.188. The highest BCUT2D eigenvalue weighted by atomic mass is 127. The number of allylic oxidation sites excluding steroid dienone is 1. The van der Waals surface area contributed by atoms with Crippen molar-refractivity contribution in [2.24, 2.45) is 0 Å². The Balaban J connectivity index is 0.000000970. The van der Waals surface area contributed by atoms with E-state index in [9.17, 15) is 14.0 Å². The van der Waals surface area contributed by atoms with Crippen LogP contribution in [0.1, 0.15) is 17.4 Å². The number of carbonyl (C=O) groups is 2. The maximum atomic E-state index is 14.0. The predicted molar refractivity (Wildman–Crippen MR) is 107 cm³/mol. The first kappa shape index (κ1) is 21.1. The number of halogens is 2. The topological polar surface area (TPSA) is 86.9 Å². The van der Waals surface area contributed by atoms with Crippen molar-refractivity contribution in [3.05, 3.63) is 41.9 Å². The first-order valence-electron chi connectivity index (χ1n) is 6.94. The lowest BCUT2D eigenvalue weighted by atomic mass is 10.1. The molecule has 132 valence electrons. The number of amides is 1. The lowest BCUT2D eigenvalue weighted by molar-refractivity contribution is -0.114. The smallest absolute Gasteiger partial charge is 0.221 e. The highest BCUT2D eigenvalue weighted by Crippen LogP contribution is 2.32. The van der Waals surface area contributed by atoms with Gasteiger partial charge in [0, 0.05) is 42.6 Å². The standard InChI is InChI=1S/C14H9FIN3O2S.C2H7N/c1-7(6-17)14(21)13-4-9-3-10(15)11(18-8(2)20)5-12(9)19(13)22-16;1-3-2/h3-5H,1H2,2H3,(H,18,20);3H,1-2H3. The summed E-state index contributed by atoms with van der Waals surface area (Å²) in [6.45, 7) is 4.68. The molecule has 2 N–H and O–H groups in total. The molecule has 0 aliphatic rings. The Morgan fingerprint density at radius 1 is 1.36 bits per heavy atom. The number of nitriles is 1. The van der Waals surface area contributed by atoms with Gasteiger partial charge in [0.05, 0.1) is 16.8 Å². The number of ketones is 1. The van der Waals surface area contributed by atoms with Crippen molar-refractivity contribution < 1.29 is 14.0 Å². The Morgan fingerprint density at radius 2 is 1.96 bits per heavy atom. The Morgan fingerprint density at radius 3 is 2.44 bits per heavy atom. The normalized spacial score (nSPS) is 9.76. The van der Waals surface area contributed by atoms with E-state index in [1.807, 2.05) is 35.3 Å². The summed E-state index contributed by atoms with van der Waals surface area (Å²) in [5.41, 5.74) is 0.610. The molecule has 6 nitrogen and oxygen atoms in total. The second kappa shape index (κ2) is 9.55. The van der Waals surface area contributed by atoms with Crippen LogP contribution < -0.4 is 10.6 Å². The number of fused-ring (bicyclic) bond motifs is 1. The minimum atomic E-state index is -0.601. The van der Waals surface area contributed by atoms with Crippen molar-refractivity contribution >= 4 is 58.6 Å². The van der Waals surface area contributed by atoms with Gasteiger partial charge in [-0.15, -0.1) is 0 Å². The van der Waals surface area contributed by atoms with Crippen molar-refractivity contribution in [1.29, 1.82) is 5.26 Å². The van der Waals surface area contributed by atoms with Gasteiger partial charge in [0.15, 0.2) is 0 Å². The lowest BCUT2D eigenvalue weighted by Crippen LogP contribution is -2.08. The quantitative estimate of drug-likeness (QED) is 0.306. The molecule has 0 spiro atoms. The summed E-state index contributed by atoms with van der Waals surface area (Å²) < 4.78 is 15.5. The van der Waals surface area contributed by atoms with Gasteiger partial charge in [-0.2, -0.15) is 5.26 Å². The highest BCUT2D eigenvalue weighted by Gasteiger charge is 2.20. The minimum Gasteiger partial charge on any atom is -0.324 e. The van der Waals surface area contributed by atoms with Gasteiger partial charge in [-0.3, -0.25) is 13.6 Å². The van der Waals surface area contributed by atoms with Crippen LogP contribution in [-0.4, -0.2) is 29.8 Å². The first-order valence-corrected chi connectivity index (χ1v) is 10.3. The van der Waals surface area contributed by atoms with Crippen LogP contribution in [0.15, 0.2) is 30.4 Å².